The fraction of sp³-hybridized carbons (Fsp3) is 0.600. The molecule has 1 aromatic carbocycles. The molecular formula is C20H30N2O4. The van der Waals surface area contributed by atoms with Gasteiger partial charge in [0.2, 0.25) is 0 Å². The summed E-state index contributed by atoms with van der Waals surface area (Å²) in [6, 6.07) is 8.22. The molecule has 1 saturated heterocycles. The van der Waals surface area contributed by atoms with E-state index in [0.29, 0.717) is 19.6 Å². The zero-order valence-electron chi connectivity index (χ0n) is 15.7. The summed E-state index contributed by atoms with van der Waals surface area (Å²) in [7, 11) is 0. The summed E-state index contributed by atoms with van der Waals surface area (Å²) in [6.45, 7) is 5.84. The third-order valence-corrected chi connectivity index (χ3v) is 4.32. The van der Waals surface area contributed by atoms with Crippen molar-refractivity contribution >= 4 is 11.9 Å². The van der Waals surface area contributed by atoms with Crippen LogP contribution in [0.4, 0.5) is 0 Å². The van der Waals surface area contributed by atoms with Crippen molar-refractivity contribution in [1.29, 1.82) is 0 Å². The second kappa shape index (κ2) is 11.5. The highest BCUT2D eigenvalue weighted by molar-refractivity contribution is 5.80. The first-order valence-electron chi connectivity index (χ1n) is 9.54. The molecule has 1 N–H and O–H groups in total. The fourth-order valence-corrected chi connectivity index (χ4v) is 2.90. The lowest BCUT2D eigenvalue weighted by Gasteiger charge is -2.26. The van der Waals surface area contributed by atoms with Crippen LogP contribution in [-0.2, 0) is 20.9 Å². The zero-order chi connectivity index (χ0) is 18.6. The minimum atomic E-state index is -0.368. The van der Waals surface area contributed by atoms with Crippen LogP contribution < -0.4 is 10.1 Å². The lowest BCUT2D eigenvalue weighted by atomic mass is 10.1. The molecule has 6 nitrogen and oxygen atoms in total. The molecule has 1 aliphatic heterocycles. The fourth-order valence-electron chi connectivity index (χ4n) is 2.90. The van der Waals surface area contributed by atoms with Gasteiger partial charge in [-0.25, -0.2) is 0 Å². The Morgan fingerprint density at radius 1 is 1.19 bits per heavy atom. The summed E-state index contributed by atoms with van der Waals surface area (Å²) >= 11 is 0. The van der Waals surface area contributed by atoms with Crippen LogP contribution >= 0.6 is 0 Å². The first kappa shape index (κ1) is 20.2. The molecule has 0 aromatic heterocycles. The van der Waals surface area contributed by atoms with E-state index in [1.807, 2.05) is 12.1 Å². The van der Waals surface area contributed by atoms with Gasteiger partial charge in [0.05, 0.1) is 6.61 Å². The summed E-state index contributed by atoms with van der Waals surface area (Å²) in [5.41, 5.74) is 1.27. The van der Waals surface area contributed by atoms with E-state index in [1.54, 1.807) is 6.92 Å². The summed E-state index contributed by atoms with van der Waals surface area (Å²) in [6.07, 6.45) is 4.90. The van der Waals surface area contributed by atoms with E-state index in [0.717, 1.165) is 12.3 Å². The van der Waals surface area contributed by atoms with Crippen molar-refractivity contribution in [2.75, 3.05) is 32.8 Å². The number of amides is 1. The van der Waals surface area contributed by atoms with Gasteiger partial charge in [0.1, 0.15) is 5.75 Å². The van der Waals surface area contributed by atoms with Gasteiger partial charge in [0, 0.05) is 19.5 Å². The number of nitrogens with zero attached hydrogens (tertiary/aromatic N) is 1. The van der Waals surface area contributed by atoms with Gasteiger partial charge in [-0.2, -0.15) is 0 Å². The number of esters is 1. The third-order valence-electron chi connectivity index (χ3n) is 4.32. The molecule has 0 saturated carbocycles. The standard InChI is InChI=1S/C20H30N2O4/c1-2-20(24)26-16-19(23)21-10-7-13-25-18-9-6-8-17(14-18)15-22-11-4-3-5-12-22/h6,8-9,14H,2-5,7,10-13,15-16H2,1H3,(H,21,23). The van der Waals surface area contributed by atoms with Gasteiger partial charge >= 0.3 is 5.97 Å². The molecule has 1 aromatic rings. The SMILES string of the molecule is CCC(=O)OCC(=O)NCCCOc1cccc(CN2CCCCC2)c1. The smallest absolute Gasteiger partial charge is 0.306 e. The van der Waals surface area contributed by atoms with Crippen molar-refractivity contribution in [2.24, 2.45) is 0 Å². The highest BCUT2D eigenvalue weighted by atomic mass is 16.5. The Morgan fingerprint density at radius 2 is 2.00 bits per heavy atom. The van der Waals surface area contributed by atoms with Gasteiger partial charge in [0.15, 0.2) is 6.61 Å². The second-order valence-electron chi connectivity index (χ2n) is 6.55. The molecule has 0 bridgehead atoms. The molecule has 144 valence electrons. The number of hydrogen-bond acceptors (Lipinski definition) is 5. The normalized spacial score (nSPS) is 14.7. The van der Waals surface area contributed by atoms with Crippen LogP contribution in [0.5, 0.6) is 5.75 Å². The van der Waals surface area contributed by atoms with E-state index in [9.17, 15) is 9.59 Å². The van der Waals surface area contributed by atoms with E-state index in [1.165, 1.54) is 37.9 Å². The number of likely N-dealkylation sites (tertiary alicyclic amines) is 1. The van der Waals surface area contributed by atoms with E-state index >= 15 is 0 Å². The van der Waals surface area contributed by atoms with Crippen LogP contribution in [0.15, 0.2) is 24.3 Å². The maximum atomic E-state index is 11.5. The van der Waals surface area contributed by atoms with Gasteiger partial charge < -0.3 is 14.8 Å². The number of benzene rings is 1. The number of piperidine rings is 1. The van der Waals surface area contributed by atoms with Crippen LogP contribution in [0.25, 0.3) is 0 Å². The second-order valence-corrected chi connectivity index (χ2v) is 6.55. The van der Waals surface area contributed by atoms with Crippen LogP contribution in [0.3, 0.4) is 0 Å². The number of carbonyl (C=O) groups is 2. The molecule has 1 aliphatic rings. The summed E-state index contributed by atoms with van der Waals surface area (Å²) in [4.78, 5) is 25.0. The lowest BCUT2D eigenvalue weighted by Crippen LogP contribution is -2.30. The number of rotatable bonds is 10. The highest BCUT2D eigenvalue weighted by Crippen LogP contribution is 2.17. The molecule has 0 radical (unpaired) electrons. The van der Waals surface area contributed by atoms with Gasteiger partial charge in [-0.05, 0) is 50.0 Å². The minimum Gasteiger partial charge on any atom is -0.494 e. The van der Waals surface area contributed by atoms with Crippen molar-refractivity contribution in [3.05, 3.63) is 29.8 Å². The Balaban J connectivity index is 1.61. The molecule has 2 rings (SSSR count). The van der Waals surface area contributed by atoms with Crippen molar-refractivity contribution < 1.29 is 19.1 Å². The topological polar surface area (TPSA) is 67.9 Å². The minimum absolute atomic E-state index is 0.216. The Bertz CT molecular complexity index is 571. The van der Waals surface area contributed by atoms with Crippen molar-refractivity contribution in [1.82, 2.24) is 10.2 Å². The summed E-state index contributed by atoms with van der Waals surface area (Å²) in [5.74, 6) is 0.214. The molecule has 1 heterocycles. The molecule has 0 atom stereocenters. The third kappa shape index (κ3) is 7.87. The van der Waals surface area contributed by atoms with Crippen LogP contribution in [-0.4, -0.2) is 49.6 Å². The number of nitrogens with one attached hydrogen (secondary N) is 1. The van der Waals surface area contributed by atoms with Crippen LogP contribution in [0.2, 0.25) is 0 Å². The Labute approximate surface area is 155 Å². The van der Waals surface area contributed by atoms with E-state index < -0.39 is 0 Å². The lowest BCUT2D eigenvalue weighted by molar-refractivity contribution is -0.148. The van der Waals surface area contributed by atoms with Gasteiger partial charge in [-0.3, -0.25) is 14.5 Å². The maximum absolute atomic E-state index is 11.5. The molecule has 0 spiro atoms. The molecule has 0 aliphatic carbocycles. The summed E-state index contributed by atoms with van der Waals surface area (Å²) < 4.78 is 10.5. The van der Waals surface area contributed by atoms with Gasteiger partial charge in [0.25, 0.3) is 5.91 Å². The number of hydrogen-bond donors (Lipinski definition) is 1. The molecule has 26 heavy (non-hydrogen) atoms. The van der Waals surface area contributed by atoms with Crippen molar-refractivity contribution in [3.8, 4) is 5.75 Å². The van der Waals surface area contributed by atoms with Crippen LogP contribution in [0, 0.1) is 0 Å². The molecule has 0 unspecified atom stereocenters. The number of ether oxygens (including phenoxy) is 2. The molecule has 1 amide bonds. The molecule has 1 fully saturated rings. The molecular weight excluding hydrogens is 332 g/mol. The Morgan fingerprint density at radius 3 is 2.77 bits per heavy atom. The Hall–Kier alpha value is -2.08. The Kier molecular flexibility index (Phi) is 8.96. The zero-order valence-corrected chi connectivity index (χ0v) is 15.7. The average molecular weight is 362 g/mol. The largest absolute Gasteiger partial charge is 0.494 e. The van der Waals surface area contributed by atoms with Crippen molar-refractivity contribution in [2.45, 2.75) is 45.6 Å². The predicted octanol–water partition coefficient (Wildman–Crippen LogP) is 2.51. The first-order chi connectivity index (χ1) is 12.7. The average Bonchev–Trinajstić information content (AvgIpc) is 2.67. The summed E-state index contributed by atoms with van der Waals surface area (Å²) in [5, 5.41) is 2.71. The van der Waals surface area contributed by atoms with Gasteiger partial charge in [-0.15, -0.1) is 0 Å². The van der Waals surface area contributed by atoms with Gasteiger partial charge in [-0.1, -0.05) is 25.5 Å². The van der Waals surface area contributed by atoms with Crippen molar-refractivity contribution in [3.63, 3.8) is 0 Å². The van der Waals surface area contributed by atoms with Crippen LogP contribution in [0.1, 0.15) is 44.6 Å². The first-order valence-corrected chi connectivity index (χ1v) is 9.54. The highest BCUT2D eigenvalue weighted by Gasteiger charge is 2.10. The quantitative estimate of drug-likeness (QED) is 0.512. The molecule has 6 heteroatoms. The van der Waals surface area contributed by atoms with E-state index in [4.69, 9.17) is 9.47 Å². The monoisotopic (exact) mass is 362 g/mol. The number of carbonyl (C=O) groups excluding carboxylic acids is 2. The van der Waals surface area contributed by atoms with E-state index in [-0.39, 0.29) is 24.9 Å². The van der Waals surface area contributed by atoms with E-state index in [2.05, 4.69) is 22.3 Å². The maximum Gasteiger partial charge on any atom is 0.306 e. The predicted molar refractivity (Wildman–Crippen MR) is 99.9 cm³/mol.